The molecule has 10 aromatic carbocycles. The lowest BCUT2D eigenvalue weighted by atomic mass is 9.96. The van der Waals surface area contributed by atoms with Crippen molar-refractivity contribution < 1.29 is 9.90 Å². The third-order valence-electron chi connectivity index (χ3n) is 11.9. The zero-order valence-corrected chi connectivity index (χ0v) is 32.9. The number of nitrogens with zero attached hydrogens (tertiary/aromatic N) is 2. The highest BCUT2D eigenvalue weighted by molar-refractivity contribution is 6.17. The maximum atomic E-state index is 9.95. The minimum Gasteiger partial charge on any atom is -0.456 e. The van der Waals surface area contributed by atoms with Gasteiger partial charge in [0, 0.05) is 44.0 Å². The number of hydrogen-bond acceptors (Lipinski definition) is 2. The van der Waals surface area contributed by atoms with Gasteiger partial charge in [-0.25, -0.2) is 0 Å². The Labute approximate surface area is 359 Å². The number of para-hydroxylation sites is 4. The van der Waals surface area contributed by atoms with Crippen molar-refractivity contribution in [1.29, 1.82) is 0 Å². The molecule has 0 aliphatic rings. The minimum absolute atomic E-state index is 0.132. The lowest BCUT2D eigenvalue weighted by molar-refractivity contribution is 0.669. The maximum Gasteiger partial charge on any atom is 0.136 e. The van der Waals surface area contributed by atoms with Gasteiger partial charge in [0.05, 0.1) is 27.9 Å². The van der Waals surface area contributed by atoms with Crippen molar-refractivity contribution in [3.8, 4) is 39.1 Å². The normalized spacial score (nSPS) is 12.5. The van der Waals surface area contributed by atoms with E-state index in [9.17, 15) is 5.48 Å². The molecule has 0 spiro atoms. The first-order valence-corrected chi connectivity index (χ1v) is 20.5. The van der Waals surface area contributed by atoms with Gasteiger partial charge in [-0.1, -0.05) is 164 Å². The number of aromatic nitrogens is 1. The van der Waals surface area contributed by atoms with Crippen molar-refractivity contribution in [3.63, 3.8) is 0 Å². The van der Waals surface area contributed by atoms with Crippen LogP contribution in [0.4, 0.5) is 17.1 Å². The van der Waals surface area contributed by atoms with E-state index >= 15 is 0 Å². The summed E-state index contributed by atoms with van der Waals surface area (Å²) in [6, 6.07) is 68.5. The van der Waals surface area contributed by atoms with Gasteiger partial charge in [0.1, 0.15) is 11.2 Å². The molecule has 2 heterocycles. The summed E-state index contributed by atoms with van der Waals surface area (Å²) in [6.07, 6.45) is 0. The molecule has 0 aliphatic heterocycles. The zero-order valence-electron chi connectivity index (χ0n) is 36.9. The lowest BCUT2D eigenvalue weighted by Crippen LogP contribution is -2.11. The fourth-order valence-corrected chi connectivity index (χ4v) is 9.07. The van der Waals surface area contributed by atoms with Crippen LogP contribution in [-0.4, -0.2) is 4.57 Å². The zero-order chi connectivity index (χ0) is 43.8. The molecule has 0 amide bonds. The summed E-state index contributed by atoms with van der Waals surface area (Å²) in [7, 11) is 0. The molecule has 3 nitrogen and oxygen atoms in total. The molecule has 2 aromatic heterocycles. The van der Waals surface area contributed by atoms with Crippen molar-refractivity contribution in [3.05, 3.63) is 230 Å². The maximum absolute atomic E-state index is 9.95. The van der Waals surface area contributed by atoms with Gasteiger partial charge >= 0.3 is 0 Å². The SMILES string of the molecule is [2H]c1c([2H])c(N(c2ccc(-c3ccccc3)cc2)c2ccccc2-c2cccc3oc4cc5ccccc5cc4c23)c([2H])c([2H])c1-c1ccccc1-n1c2ccccc2c2ccccc21. The first-order valence-electron chi connectivity index (χ1n) is 22.5. The van der Waals surface area contributed by atoms with E-state index in [1.807, 2.05) is 138 Å². The van der Waals surface area contributed by atoms with Gasteiger partial charge in [-0.05, 0) is 99.7 Å². The van der Waals surface area contributed by atoms with Crippen LogP contribution >= 0.6 is 0 Å². The second-order valence-corrected chi connectivity index (χ2v) is 15.4. The number of benzene rings is 10. The van der Waals surface area contributed by atoms with Crippen LogP contribution in [0.15, 0.2) is 235 Å². The van der Waals surface area contributed by atoms with E-state index in [1.165, 1.54) is 0 Å². The van der Waals surface area contributed by atoms with Crippen LogP contribution < -0.4 is 4.90 Å². The smallest absolute Gasteiger partial charge is 0.136 e. The summed E-state index contributed by atoms with van der Waals surface area (Å²) in [5.74, 6) is 0. The standard InChI is InChI=1S/C58H38N2O/c1-2-15-39(16-3-1)40-29-33-44(34-30-40)59(53-25-11-9-22-49(53)50-23-14-28-56-58(50)51-37-42-17-4-5-18-43(42)38-57(51)61-56)45-35-31-41(32-36-45)46-19-6-10-24-52(46)60-54-26-12-7-20-47(54)48-21-8-13-27-55(48)60/h1-38H/i31D,32D,35D,36D. The summed E-state index contributed by atoms with van der Waals surface area (Å²) in [5.41, 5.74) is 10.5. The van der Waals surface area contributed by atoms with Gasteiger partial charge in [0.2, 0.25) is 0 Å². The van der Waals surface area contributed by atoms with Gasteiger partial charge in [-0.15, -0.1) is 0 Å². The molecule has 0 saturated heterocycles. The Hall–Kier alpha value is -8.14. The Kier molecular flexibility index (Phi) is 7.24. The average Bonchev–Trinajstić information content (AvgIpc) is 3.90. The summed E-state index contributed by atoms with van der Waals surface area (Å²) in [6.45, 7) is 0. The van der Waals surface area contributed by atoms with Crippen LogP contribution in [0.1, 0.15) is 5.48 Å². The molecule has 0 saturated carbocycles. The van der Waals surface area contributed by atoms with Gasteiger partial charge < -0.3 is 13.9 Å². The largest absolute Gasteiger partial charge is 0.456 e. The van der Waals surface area contributed by atoms with Crippen LogP contribution in [0.25, 0.3) is 93.6 Å². The Balaban J connectivity index is 1.09. The third kappa shape index (κ3) is 5.82. The second kappa shape index (κ2) is 14.3. The van der Waals surface area contributed by atoms with E-state index in [0.29, 0.717) is 16.9 Å². The van der Waals surface area contributed by atoms with Crippen molar-refractivity contribution in [2.24, 2.45) is 0 Å². The molecule has 0 aliphatic carbocycles. The predicted molar refractivity (Wildman–Crippen MR) is 257 cm³/mol. The van der Waals surface area contributed by atoms with Crippen LogP contribution in [0.5, 0.6) is 0 Å². The summed E-state index contributed by atoms with van der Waals surface area (Å²) >= 11 is 0. The predicted octanol–water partition coefficient (Wildman–Crippen LogP) is 16.3. The molecule has 12 aromatic rings. The highest BCUT2D eigenvalue weighted by Crippen LogP contribution is 2.46. The Morgan fingerprint density at radius 1 is 0.393 bits per heavy atom. The molecular weight excluding hydrogens is 741 g/mol. The fourth-order valence-electron chi connectivity index (χ4n) is 9.07. The molecule has 0 radical (unpaired) electrons. The number of rotatable bonds is 7. The average molecular weight is 783 g/mol. The van der Waals surface area contributed by atoms with Gasteiger partial charge in [0.25, 0.3) is 0 Å². The van der Waals surface area contributed by atoms with Crippen molar-refractivity contribution in [2.45, 2.75) is 0 Å². The van der Waals surface area contributed by atoms with E-state index in [4.69, 9.17) is 4.42 Å². The van der Waals surface area contributed by atoms with Crippen LogP contribution in [0.3, 0.4) is 0 Å². The van der Waals surface area contributed by atoms with Gasteiger partial charge in [0.15, 0.2) is 0 Å². The minimum atomic E-state index is -0.154. The molecule has 0 unspecified atom stereocenters. The molecular formula is C58H38N2O. The number of anilines is 3. The van der Waals surface area contributed by atoms with Crippen molar-refractivity contribution in [1.82, 2.24) is 4.57 Å². The summed E-state index contributed by atoms with van der Waals surface area (Å²) in [5, 5.41) is 6.32. The fraction of sp³-hybridized carbons (Fsp3) is 0. The number of furan rings is 1. The molecule has 0 fully saturated rings. The summed E-state index contributed by atoms with van der Waals surface area (Å²) < 4.78 is 48.3. The van der Waals surface area contributed by atoms with Crippen LogP contribution in [-0.2, 0) is 0 Å². The highest BCUT2D eigenvalue weighted by atomic mass is 16.3. The Bertz CT molecular complexity index is 3750. The van der Waals surface area contributed by atoms with Crippen LogP contribution in [0, 0.1) is 0 Å². The second-order valence-electron chi connectivity index (χ2n) is 15.4. The molecule has 0 atom stereocenters. The van der Waals surface area contributed by atoms with E-state index in [-0.39, 0.29) is 35.4 Å². The Morgan fingerprint density at radius 2 is 0.984 bits per heavy atom. The summed E-state index contributed by atoms with van der Waals surface area (Å²) in [4.78, 5) is 1.89. The van der Waals surface area contributed by atoms with E-state index in [0.717, 1.165) is 82.5 Å². The third-order valence-corrected chi connectivity index (χ3v) is 11.9. The molecule has 12 rings (SSSR count). The number of fused-ring (bicyclic) bond motifs is 7. The molecule has 0 N–H and O–H groups in total. The lowest BCUT2D eigenvalue weighted by Gasteiger charge is -2.28. The van der Waals surface area contributed by atoms with Crippen LogP contribution in [0.2, 0.25) is 0 Å². The molecule has 286 valence electrons. The van der Waals surface area contributed by atoms with Crippen molar-refractivity contribution in [2.75, 3.05) is 4.90 Å². The molecule has 61 heavy (non-hydrogen) atoms. The van der Waals surface area contributed by atoms with E-state index < -0.39 is 0 Å². The highest BCUT2D eigenvalue weighted by Gasteiger charge is 2.22. The van der Waals surface area contributed by atoms with E-state index in [2.05, 4.69) is 77.4 Å². The monoisotopic (exact) mass is 782 g/mol. The topological polar surface area (TPSA) is 21.3 Å². The molecule has 3 heteroatoms. The molecule has 0 bridgehead atoms. The quantitative estimate of drug-likeness (QED) is 0.161. The first-order chi connectivity index (χ1) is 31.9. The van der Waals surface area contributed by atoms with Gasteiger partial charge in [-0.2, -0.15) is 0 Å². The number of hydrogen-bond donors (Lipinski definition) is 0. The Morgan fingerprint density at radius 3 is 1.74 bits per heavy atom. The van der Waals surface area contributed by atoms with Gasteiger partial charge in [-0.3, -0.25) is 0 Å². The first kappa shape index (κ1) is 30.9. The van der Waals surface area contributed by atoms with E-state index in [1.54, 1.807) is 0 Å². The van der Waals surface area contributed by atoms with Crippen molar-refractivity contribution >= 4 is 71.6 Å².